The Bertz CT molecular complexity index is 135. The molecule has 2 nitrogen and oxygen atoms in total. The zero-order valence-corrected chi connectivity index (χ0v) is 7.84. The molecule has 1 aliphatic carbocycles. The summed E-state index contributed by atoms with van der Waals surface area (Å²) >= 11 is 0. The SMILES string of the molecule is CCOC1(C=O)CCCCCC1. The van der Waals surface area contributed by atoms with Crippen LogP contribution in [0.2, 0.25) is 0 Å². The van der Waals surface area contributed by atoms with E-state index < -0.39 is 5.60 Å². The number of aldehydes is 1. The van der Waals surface area contributed by atoms with Crippen molar-refractivity contribution in [3.05, 3.63) is 0 Å². The molecule has 1 saturated carbocycles. The molecule has 0 aromatic rings. The van der Waals surface area contributed by atoms with E-state index in [9.17, 15) is 4.79 Å². The van der Waals surface area contributed by atoms with Gasteiger partial charge in [0, 0.05) is 6.61 Å². The molecule has 0 atom stereocenters. The quantitative estimate of drug-likeness (QED) is 0.480. The number of ether oxygens (including phenoxy) is 1. The van der Waals surface area contributed by atoms with E-state index >= 15 is 0 Å². The molecule has 0 N–H and O–H groups in total. The molecule has 1 aliphatic rings. The Morgan fingerprint density at radius 2 is 1.83 bits per heavy atom. The highest BCUT2D eigenvalue weighted by Crippen LogP contribution is 2.28. The average molecular weight is 170 g/mol. The second-order valence-electron chi connectivity index (χ2n) is 3.53. The Morgan fingerprint density at radius 3 is 2.25 bits per heavy atom. The Labute approximate surface area is 74.3 Å². The van der Waals surface area contributed by atoms with E-state index in [4.69, 9.17) is 4.74 Å². The largest absolute Gasteiger partial charge is 0.368 e. The van der Waals surface area contributed by atoms with Gasteiger partial charge >= 0.3 is 0 Å². The molecule has 0 aliphatic heterocycles. The molecule has 0 saturated heterocycles. The van der Waals surface area contributed by atoms with Gasteiger partial charge in [-0.15, -0.1) is 0 Å². The van der Waals surface area contributed by atoms with Crippen LogP contribution in [0.15, 0.2) is 0 Å². The third-order valence-corrected chi connectivity index (χ3v) is 2.60. The van der Waals surface area contributed by atoms with Crippen LogP contribution in [0.3, 0.4) is 0 Å². The van der Waals surface area contributed by atoms with Crippen molar-refractivity contribution in [1.82, 2.24) is 0 Å². The molecule has 0 aromatic carbocycles. The third-order valence-electron chi connectivity index (χ3n) is 2.60. The summed E-state index contributed by atoms with van der Waals surface area (Å²) in [5, 5.41) is 0. The van der Waals surface area contributed by atoms with Gasteiger partial charge in [0.2, 0.25) is 0 Å². The van der Waals surface area contributed by atoms with Gasteiger partial charge in [0.1, 0.15) is 5.60 Å². The van der Waals surface area contributed by atoms with Crippen LogP contribution in [0.4, 0.5) is 0 Å². The Balaban J connectivity index is 2.54. The third kappa shape index (κ3) is 2.31. The summed E-state index contributed by atoms with van der Waals surface area (Å²) in [6, 6.07) is 0. The molecule has 0 amide bonds. The summed E-state index contributed by atoms with van der Waals surface area (Å²) in [7, 11) is 0. The Morgan fingerprint density at radius 1 is 1.25 bits per heavy atom. The first-order valence-corrected chi connectivity index (χ1v) is 4.93. The van der Waals surface area contributed by atoms with Crippen molar-refractivity contribution in [3.63, 3.8) is 0 Å². The number of rotatable bonds is 3. The predicted molar refractivity (Wildman–Crippen MR) is 48.1 cm³/mol. The molecule has 0 unspecified atom stereocenters. The minimum atomic E-state index is -0.425. The van der Waals surface area contributed by atoms with Crippen molar-refractivity contribution in [2.75, 3.05) is 6.61 Å². The Hall–Kier alpha value is -0.370. The summed E-state index contributed by atoms with van der Waals surface area (Å²) in [6.45, 7) is 2.61. The predicted octanol–water partition coefficient (Wildman–Crippen LogP) is 2.31. The van der Waals surface area contributed by atoms with Gasteiger partial charge in [-0.3, -0.25) is 0 Å². The minimum absolute atomic E-state index is 0.425. The van der Waals surface area contributed by atoms with Gasteiger partial charge in [-0.05, 0) is 19.8 Å². The molecule has 1 fully saturated rings. The van der Waals surface area contributed by atoms with Crippen molar-refractivity contribution in [2.45, 2.75) is 51.0 Å². The van der Waals surface area contributed by atoms with E-state index in [-0.39, 0.29) is 0 Å². The molecular weight excluding hydrogens is 152 g/mol. The van der Waals surface area contributed by atoms with E-state index in [1.54, 1.807) is 0 Å². The smallest absolute Gasteiger partial charge is 0.151 e. The van der Waals surface area contributed by atoms with Crippen LogP contribution in [0, 0.1) is 0 Å². The standard InChI is InChI=1S/C10H18O2/c1-2-12-10(9-11)7-5-3-4-6-8-10/h9H,2-8H2,1H3. The highest BCUT2D eigenvalue weighted by molar-refractivity contribution is 5.62. The van der Waals surface area contributed by atoms with Crippen LogP contribution in [-0.2, 0) is 9.53 Å². The van der Waals surface area contributed by atoms with Gasteiger partial charge in [-0.1, -0.05) is 25.7 Å². The maximum absolute atomic E-state index is 10.9. The summed E-state index contributed by atoms with van der Waals surface area (Å²) in [4.78, 5) is 10.9. The molecule has 0 heterocycles. The highest BCUT2D eigenvalue weighted by atomic mass is 16.5. The lowest BCUT2D eigenvalue weighted by Gasteiger charge is -2.25. The molecule has 0 radical (unpaired) electrons. The number of carbonyl (C=O) groups is 1. The molecule has 0 aromatic heterocycles. The second-order valence-corrected chi connectivity index (χ2v) is 3.53. The van der Waals surface area contributed by atoms with Gasteiger partial charge in [-0.25, -0.2) is 0 Å². The van der Waals surface area contributed by atoms with Crippen LogP contribution in [-0.4, -0.2) is 18.5 Å². The normalized spacial score (nSPS) is 23.1. The lowest BCUT2D eigenvalue weighted by Crippen LogP contribution is -2.33. The first-order valence-electron chi connectivity index (χ1n) is 4.93. The lowest BCUT2D eigenvalue weighted by atomic mass is 9.96. The van der Waals surface area contributed by atoms with Crippen molar-refractivity contribution in [1.29, 1.82) is 0 Å². The second kappa shape index (κ2) is 4.61. The van der Waals surface area contributed by atoms with Crippen molar-refractivity contribution < 1.29 is 9.53 Å². The zero-order chi connectivity index (χ0) is 8.86. The first-order chi connectivity index (χ1) is 5.83. The molecule has 0 spiro atoms. The number of hydrogen-bond acceptors (Lipinski definition) is 2. The lowest BCUT2D eigenvalue weighted by molar-refractivity contribution is -0.132. The van der Waals surface area contributed by atoms with Crippen LogP contribution < -0.4 is 0 Å². The maximum Gasteiger partial charge on any atom is 0.151 e. The van der Waals surface area contributed by atoms with Gasteiger partial charge in [0.05, 0.1) is 0 Å². The van der Waals surface area contributed by atoms with E-state index in [0.717, 1.165) is 32.0 Å². The van der Waals surface area contributed by atoms with Crippen molar-refractivity contribution in [3.8, 4) is 0 Å². The van der Waals surface area contributed by atoms with Crippen LogP contribution in [0.1, 0.15) is 45.4 Å². The maximum atomic E-state index is 10.9. The van der Waals surface area contributed by atoms with E-state index in [0.29, 0.717) is 6.61 Å². The average Bonchev–Trinajstić information content (AvgIpc) is 2.32. The summed E-state index contributed by atoms with van der Waals surface area (Å²) in [6.07, 6.45) is 7.64. The van der Waals surface area contributed by atoms with Gasteiger partial charge in [0.15, 0.2) is 6.29 Å². The number of carbonyl (C=O) groups excluding carboxylic acids is 1. The van der Waals surface area contributed by atoms with Crippen molar-refractivity contribution >= 4 is 6.29 Å². The summed E-state index contributed by atoms with van der Waals surface area (Å²) in [5.41, 5.74) is -0.425. The van der Waals surface area contributed by atoms with E-state index in [1.165, 1.54) is 12.8 Å². The number of hydrogen-bond donors (Lipinski definition) is 0. The summed E-state index contributed by atoms with van der Waals surface area (Å²) < 4.78 is 5.53. The van der Waals surface area contributed by atoms with Gasteiger partial charge in [-0.2, -0.15) is 0 Å². The van der Waals surface area contributed by atoms with E-state index in [1.807, 2.05) is 6.92 Å². The zero-order valence-electron chi connectivity index (χ0n) is 7.84. The highest BCUT2D eigenvalue weighted by Gasteiger charge is 2.30. The molecule has 70 valence electrons. The topological polar surface area (TPSA) is 26.3 Å². The van der Waals surface area contributed by atoms with Crippen LogP contribution >= 0.6 is 0 Å². The molecule has 0 bridgehead atoms. The molecule has 12 heavy (non-hydrogen) atoms. The first kappa shape index (κ1) is 9.72. The molecule has 1 rings (SSSR count). The van der Waals surface area contributed by atoms with Gasteiger partial charge in [0.25, 0.3) is 0 Å². The van der Waals surface area contributed by atoms with Gasteiger partial charge < -0.3 is 9.53 Å². The summed E-state index contributed by atoms with van der Waals surface area (Å²) in [5.74, 6) is 0. The monoisotopic (exact) mass is 170 g/mol. The fourth-order valence-electron chi connectivity index (χ4n) is 1.91. The fraction of sp³-hybridized carbons (Fsp3) is 0.900. The van der Waals surface area contributed by atoms with Crippen LogP contribution in [0.25, 0.3) is 0 Å². The van der Waals surface area contributed by atoms with Crippen molar-refractivity contribution in [2.24, 2.45) is 0 Å². The van der Waals surface area contributed by atoms with E-state index in [2.05, 4.69) is 0 Å². The van der Waals surface area contributed by atoms with Crippen LogP contribution in [0.5, 0.6) is 0 Å². The minimum Gasteiger partial charge on any atom is -0.368 e. The Kier molecular flexibility index (Phi) is 3.73. The fourth-order valence-corrected chi connectivity index (χ4v) is 1.91. The molecular formula is C10H18O2. The molecule has 2 heteroatoms.